The van der Waals surface area contributed by atoms with E-state index in [0.717, 1.165) is 5.56 Å². The maximum atomic E-state index is 13.6. The number of nitrogens with zero attached hydrogens (tertiary/aromatic N) is 2. The highest BCUT2D eigenvalue weighted by Gasteiger charge is 2.49. The van der Waals surface area contributed by atoms with Gasteiger partial charge in [0, 0.05) is 0 Å². The molecule has 126 valence electrons. The first kappa shape index (κ1) is 17.4. The van der Waals surface area contributed by atoms with Crippen molar-refractivity contribution in [1.29, 1.82) is 0 Å². The van der Waals surface area contributed by atoms with Gasteiger partial charge in [-0.05, 0) is 43.3 Å². The molecule has 3 rings (SSSR count). The van der Waals surface area contributed by atoms with Crippen molar-refractivity contribution in [2.24, 2.45) is 0 Å². The van der Waals surface area contributed by atoms with E-state index in [1.54, 1.807) is 84.9 Å². The van der Waals surface area contributed by atoms with E-state index < -0.39 is 15.7 Å². The van der Waals surface area contributed by atoms with Crippen molar-refractivity contribution in [2.45, 2.75) is 11.8 Å². The van der Waals surface area contributed by atoms with Crippen molar-refractivity contribution in [3.63, 3.8) is 0 Å². The Morgan fingerprint density at radius 2 is 1.20 bits per heavy atom. The summed E-state index contributed by atoms with van der Waals surface area (Å²) in [6.45, 7) is 1.89. The molecule has 0 N–H and O–H groups in total. The van der Waals surface area contributed by atoms with Crippen molar-refractivity contribution in [1.82, 2.24) is 4.54 Å². The van der Waals surface area contributed by atoms with Crippen LogP contribution in [0.25, 0.3) is 5.53 Å². The van der Waals surface area contributed by atoms with Gasteiger partial charge in [0.1, 0.15) is 0 Å². The van der Waals surface area contributed by atoms with Gasteiger partial charge >= 0.3 is 6.26 Å². The lowest BCUT2D eigenvalue weighted by Gasteiger charge is -2.16. The molecule has 25 heavy (non-hydrogen) atoms. The number of aryl methyl sites for hydroxylation is 1. The SMILES string of the molecule is Cc1ccc(S(=O)(=O)P(=[N+]=[N-])(c2ccccc2)c2ccccc2)cc1. The molecule has 3 aromatic rings. The second-order valence-corrected chi connectivity index (χ2v) is 12.4. The molecule has 0 heterocycles. The molecule has 0 aliphatic carbocycles. The van der Waals surface area contributed by atoms with Crippen LogP contribution in [-0.4, -0.2) is 8.42 Å². The van der Waals surface area contributed by atoms with Gasteiger partial charge in [0.05, 0.1) is 15.5 Å². The molecule has 0 aromatic heterocycles. The molecule has 0 amide bonds. The quantitative estimate of drug-likeness (QED) is 0.401. The molecule has 0 bridgehead atoms. The molecule has 0 radical (unpaired) electrons. The van der Waals surface area contributed by atoms with Crippen LogP contribution >= 0.6 is 6.26 Å². The molecular weight excluding hydrogens is 351 g/mol. The van der Waals surface area contributed by atoms with Gasteiger partial charge in [0.2, 0.25) is 0 Å². The van der Waals surface area contributed by atoms with E-state index in [1.165, 1.54) is 0 Å². The highest BCUT2D eigenvalue weighted by molar-refractivity contribution is 8.58. The van der Waals surface area contributed by atoms with E-state index >= 15 is 0 Å². The molecule has 4 nitrogen and oxygen atoms in total. The lowest BCUT2D eigenvalue weighted by molar-refractivity contribution is 0.609. The fourth-order valence-electron chi connectivity index (χ4n) is 2.70. The smallest absolute Gasteiger partial charge is 0.367 e. The van der Waals surface area contributed by atoms with E-state index in [4.69, 9.17) is 0 Å². The molecule has 0 unspecified atom stereocenters. The zero-order valence-electron chi connectivity index (χ0n) is 13.6. The molecular formula is C19H17N2O2PS. The van der Waals surface area contributed by atoms with Crippen LogP contribution in [0, 0.1) is 6.92 Å². The van der Waals surface area contributed by atoms with Crippen molar-refractivity contribution < 1.29 is 8.42 Å². The highest BCUT2D eigenvalue weighted by Crippen LogP contribution is 2.53. The summed E-state index contributed by atoms with van der Waals surface area (Å²) in [6.07, 6.45) is -3.47. The minimum absolute atomic E-state index is 0.150. The fourth-order valence-corrected chi connectivity index (χ4v) is 9.76. The van der Waals surface area contributed by atoms with Gasteiger partial charge in [0.15, 0.2) is 0 Å². The molecule has 0 saturated heterocycles. The number of rotatable bonds is 4. The lowest BCUT2D eigenvalue weighted by atomic mass is 10.2. The second kappa shape index (κ2) is 6.81. The summed E-state index contributed by atoms with van der Waals surface area (Å²) in [5.41, 5.74) is 11.0. The predicted molar refractivity (Wildman–Crippen MR) is 103 cm³/mol. The van der Waals surface area contributed by atoms with E-state index in [0.29, 0.717) is 10.6 Å². The Balaban J connectivity index is 2.41. The fraction of sp³-hybridized carbons (Fsp3) is 0.0526. The average Bonchev–Trinajstić information content (AvgIpc) is 2.65. The van der Waals surface area contributed by atoms with Crippen molar-refractivity contribution in [2.75, 3.05) is 0 Å². The average molecular weight is 368 g/mol. The van der Waals surface area contributed by atoms with Crippen LogP contribution in [0.5, 0.6) is 0 Å². The normalized spacial score (nSPS) is 11.7. The van der Waals surface area contributed by atoms with Gasteiger partial charge < -0.3 is 5.53 Å². The first-order chi connectivity index (χ1) is 12.0. The Kier molecular flexibility index (Phi) is 4.73. The summed E-state index contributed by atoms with van der Waals surface area (Å²) in [5, 5.41) is 0.980. The Bertz CT molecular complexity index is 1010. The van der Waals surface area contributed by atoms with Crippen LogP contribution < -0.4 is 15.2 Å². The zero-order chi connectivity index (χ0) is 17.9. The monoisotopic (exact) mass is 368 g/mol. The minimum Gasteiger partial charge on any atom is -0.367 e. The largest absolute Gasteiger partial charge is 0.378 e. The standard InChI is InChI=1S/C19H17N2O2PS/c1-16-12-14-19(15-13-16)25(22,23)24(21-20,17-8-4-2-5-9-17)18-10-6-3-7-11-18/h2-15H,1H3. The van der Waals surface area contributed by atoms with Crippen LogP contribution in [0.3, 0.4) is 0 Å². The third-order valence-electron chi connectivity index (χ3n) is 4.00. The third kappa shape index (κ3) is 2.87. The number of hydrogen-bond donors (Lipinski definition) is 0. The van der Waals surface area contributed by atoms with Gasteiger partial charge in [0.25, 0.3) is 9.46 Å². The maximum Gasteiger partial charge on any atom is 0.378 e. The molecule has 0 aliphatic heterocycles. The Morgan fingerprint density at radius 1 is 0.760 bits per heavy atom. The van der Waals surface area contributed by atoms with Crippen LogP contribution in [0.1, 0.15) is 5.56 Å². The summed E-state index contributed by atoms with van der Waals surface area (Å²) in [7, 11) is -3.94. The molecule has 0 spiro atoms. The maximum absolute atomic E-state index is 13.6. The molecule has 0 fully saturated rings. The van der Waals surface area contributed by atoms with Crippen LogP contribution in [-0.2, 0) is 9.46 Å². The van der Waals surface area contributed by atoms with Crippen LogP contribution in [0.2, 0.25) is 0 Å². The van der Waals surface area contributed by atoms with E-state index in [9.17, 15) is 13.9 Å². The Labute approximate surface area is 147 Å². The minimum atomic E-state index is -3.94. The zero-order valence-corrected chi connectivity index (χ0v) is 15.4. The van der Waals surface area contributed by atoms with Gasteiger partial charge in [-0.25, -0.2) is 8.42 Å². The summed E-state index contributed by atoms with van der Waals surface area (Å²) in [4.78, 5) is 0.150. The highest BCUT2D eigenvalue weighted by atomic mass is 32.8. The summed E-state index contributed by atoms with van der Waals surface area (Å²) < 4.78 is 30.7. The first-order valence-electron chi connectivity index (χ1n) is 7.71. The number of hydrogen-bond acceptors (Lipinski definition) is 2. The first-order valence-corrected chi connectivity index (χ1v) is 11.5. The summed E-state index contributed by atoms with van der Waals surface area (Å²) >= 11 is 0. The van der Waals surface area contributed by atoms with Crippen LogP contribution in [0.15, 0.2) is 89.8 Å². The van der Waals surface area contributed by atoms with Gasteiger partial charge in [-0.1, -0.05) is 54.1 Å². The molecule has 3 aromatic carbocycles. The predicted octanol–water partition coefficient (Wildman–Crippen LogP) is 3.62. The van der Waals surface area contributed by atoms with Gasteiger partial charge in [-0.2, -0.15) is 4.54 Å². The molecule has 6 heteroatoms. The van der Waals surface area contributed by atoms with Crippen molar-refractivity contribution >= 4 is 26.3 Å². The van der Waals surface area contributed by atoms with Crippen molar-refractivity contribution in [3.8, 4) is 0 Å². The van der Waals surface area contributed by atoms with Gasteiger partial charge in [-0.15, -0.1) is 0 Å². The number of benzene rings is 3. The second-order valence-electron chi connectivity index (χ2n) is 5.62. The van der Waals surface area contributed by atoms with E-state index in [2.05, 4.69) is 4.54 Å². The molecule has 0 aliphatic rings. The summed E-state index contributed by atoms with van der Waals surface area (Å²) in [6, 6.07) is 24.0. The Morgan fingerprint density at radius 3 is 1.60 bits per heavy atom. The van der Waals surface area contributed by atoms with Crippen LogP contribution in [0.4, 0.5) is 0 Å². The van der Waals surface area contributed by atoms with E-state index in [-0.39, 0.29) is 4.90 Å². The lowest BCUT2D eigenvalue weighted by Crippen LogP contribution is -2.24. The van der Waals surface area contributed by atoms with E-state index in [1.807, 2.05) is 6.92 Å². The van der Waals surface area contributed by atoms with Crippen molar-refractivity contribution in [3.05, 3.63) is 96.0 Å². The molecule has 0 atom stereocenters. The molecule has 0 saturated carbocycles. The van der Waals surface area contributed by atoms with Gasteiger partial charge in [-0.3, -0.25) is 0 Å². The third-order valence-corrected chi connectivity index (χ3v) is 12.0. The Hall–Kier alpha value is -2.45. The topological polar surface area (TPSA) is 70.5 Å². The summed E-state index contributed by atoms with van der Waals surface area (Å²) in [5.74, 6) is 0.